The Kier molecular flexibility index (Phi) is 6.59. The molecule has 0 aromatic heterocycles. The first-order valence-electron chi connectivity index (χ1n) is 8.07. The van der Waals surface area contributed by atoms with Gasteiger partial charge in [-0.1, -0.05) is 30.3 Å². The van der Waals surface area contributed by atoms with E-state index in [-0.39, 0.29) is 24.5 Å². The molecule has 0 aliphatic carbocycles. The lowest BCUT2D eigenvalue weighted by Crippen LogP contribution is -2.30. The monoisotopic (exact) mass is 303 g/mol. The highest BCUT2D eigenvalue weighted by atomic mass is 16.5. The average molecular weight is 303 g/mol. The van der Waals surface area contributed by atoms with Gasteiger partial charge in [0, 0.05) is 45.2 Å². The Hall–Kier alpha value is -1.68. The van der Waals surface area contributed by atoms with Crippen molar-refractivity contribution in [2.45, 2.75) is 32.1 Å². The second-order valence-corrected chi connectivity index (χ2v) is 5.95. The predicted octanol–water partition coefficient (Wildman–Crippen LogP) is 2.92. The SMILES string of the molecule is CN(CCC1CCOCC1)C(=O)CCC(=O)c1ccccc1. The maximum absolute atomic E-state index is 12.1. The van der Waals surface area contributed by atoms with Crippen LogP contribution in [0.3, 0.4) is 0 Å². The summed E-state index contributed by atoms with van der Waals surface area (Å²) in [6, 6.07) is 9.15. The van der Waals surface area contributed by atoms with Crippen molar-refractivity contribution in [3.8, 4) is 0 Å². The number of rotatable bonds is 7. The molecular weight excluding hydrogens is 278 g/mol. The van der Waals surface area contributed by atoms with Gasteiger partial charge in [0.25, 0.3) is 0 Å². The van der Waals surface area contributed by atoms with Crippen molar-refractivity contribution in [2.75, 3.05) is 26.8 Å². The van der Waals surface area contributed by atoms with Gasteiger partial charge in [0.05, 0.1) is 0 Å². The van der Waals surface area contributed by atoms with E-state index in [4.69, 9.17) is 4.74 Å². The highest BCUT2D eigenvalue weighted by Crippen LogP contribution is 2.18. The van der Waals surface area contributed by atoms with Crippen molar-refractivity contribution in [1.29, 1.82) is 0 Å². The van der Waals surface area contributed by atoms with E-state index < -0.39 is 0 Å². The van der Waals surface area contributed by atoms with Crippen molar-refractivity contribution in [2.24, 2.45) is 5.92 Å². The second kappa shape index (κ2) is 8.69. The summed E-state index contributed by atoms with van der Waals surface area (Å²) >= 11 is 0. The van der Waals surface area contributed by atoms with Crippen molar-refractivity contribution in [3.63, 3.8) is 0 Å². The minimum Gasteiger partial charge on any atom is -0.381 e. The van der Waals surface area contributed by atoms with E-state index in [0.717, 1.165) is 39.0 Å². The summed E-state index contributed by atoms with van der Waals surface area (Å²) in [5, 5.41) is 0. The molecule has 0 N–H and O–H groups in total. The summed E-state index contributed by atoms with van der Waals surface area (Å²) < 4.78 is 5.34. The lowest BCUT2D eigenvalue weighted by atomic mass is 9.96. The molecule has 1 aromatic carbocycles. The predicted molar refractivity (Wildman–Crippen MR) is 85.8 cm³/mol. The van der Waals surface area contributed by atoms with Crippen LogP contribution in [-0.4, -0.2) is 43.4 Å². The Morgan fingerprint density at radius 1 is 1.14 bits per heavy atom. The van der Waals surface area contributed by atoms with Gasteiger partial charge in [0.2, 0.25) is 5.91 Å². The van der Waals surface area contributed by atoms with E-state index in [1.165, 1.54) is 0 Å². The van der Waals surface area contributed by atoms with Crippen LogP contribution in [0.15, 0.2) is 30.3 Å². The molecule has 1 aromatic rings. The summed E-state index contributed by atoms with van der Waals surface area (Å²) in [5.74, 6) is 0.748. The molecule has 22 heavy (non-hydrogen) atoms. The van der Waals surface area contributed by atoms with Crippen LogP contribution in [0.2, 0.25) is 0 Å². The van der Waals surface area contributed by atoms with Crippen LogP contribution < -0.4 is 0 Å². The zero-order valence-electron chi connectivity index (χ0n) is 13.3. The van der Waals surface area contributed by atoms with E-state index in [2.05, 4.69) is 0 Å². The van der Waals surface area contributed by atoms with Crippen LogP contribution in [0.5, 0.6) is 0 Å². The highest BCUT2D eigenvalue weighted by Gasteiger charge is 2.17. The third kappa shape index (κ3) is 5.26. The number of carbonyl (C=O) groups is 2. The molecule has 0 bridgehead atoms. The Morgan fingerprint density at radius 3 is 2.50 bits per heavy atom. The minimum atomic E-state index is 0.0341. The van der Waals surface area contributed by atoms with Crippen LogP contribution in [0.1, 0.15) is 42.5 Å². The largest absolute Gasteiger partial charge is 0.381 e. The summed E-state index contributed by atoms with van der Waals surface area (Å²) in [7, 11) is 1.83. The number of Topliss-reactive ketones (excluding diaryl/α,β-unsaturated/α-hetero) is 1. The third-order valence-corrected chi connectivity index (χ3v) is 4.30. The first-order chi connectivity index (χ1) is 10.7. The molecule has 4 heteroatoms. The number of hydrogen-bond donors (Lipinski definition) is 0. The quantitative estimate of drug-likeness (QED) is 0.728. The fourth-order valence-corrected chi connectivity index (χ4v) is 2.72. The molecular formula is C18H25NO3. The topological polar surface area (TPSA) is 46.6 Å². The van der Waals surface area contributed by atoms with Crippen LogP contribution >= 0.6 is 0 Å². The van der Waals surface area contributed by atoms with Gasteiger partial charge in [-0.05, 0) is 25.2 Å². The third-order valence-electron chi connectivity index (χ3n) is 4.30. The zero-order chi connectivity index (χ0) is 15.8. The standard InChI is InChI=1S/C18H25NO3/c1-19(12-9-15-10-13-22-14-11-15)18(21)8-7-17(20)16-5-3-2-4-6-16/h2-6,15H,7-14H2,1H3. The fourth-order valence-electron chi connectivity index (χ4n) is 2.72. The van der Waals surface area contributed by atoms with Gasteiger partial charge in [0.15, 0.2) is 5.78 Å². The molecule has 1 aliphatic heterocycles. The molecule has 1 heterocycles. The molecule has 1 aliphatic rings. The molecule has 120 valence electrons. The van der Waals surface area contributed by atoms with Gasteiger partial charge in [-0.2, -0.15) is 0 Å². The van der Waals surface area contributed by atoms with Gasteiger partial charge < -0.3 is 9.64 Å². The Bertz CT molecular complexity index is 480. The number of ether oxygens (including phenoxy) is 1. The molecule has 1 fully saturated rings. The zero-order valence-corrected chi connectivity index (χ0v) is 13.3. The van der Waals surface area contributed by atoms with E-state index in [9.17, 15) is 9.59 Å². The number of ketones is 1. The number of hydrogen-bond acceptors (Lipinski definition) is 3. The fraction of sp³-hybridized carbons (Fsp3) is 0.556. The molecule has 1 amide bonds. The Morgan fingerprint density at radius 2 is 1.82 bits per heavy atom. The number of carbonyl (C=O) groups excluding carboxylic acids is 2. The summed E-state index contributed by atoms with van der Waals surface area (Å²) in [4.78, 5) is 25.9. The summed E-state index contributed by atoms with van der Waals surface area (Å²) in [6.45, 7) is 2.45. The van der Waals surface area contributed by atoms with Crippen LogP contribution in [0.4, 0.5) is 0 Å². The Balaban J connectivity index is 1.68. The van der Waals surface area contributed by atoms with E-state index >= 15 is 0 Å². The van der Waals surface area contributed by atoms with E-state index in [0.29, 0.717) is 11.5 Å². The van der Waals surface area contributed by atoms with Crippen molar-refractivity contribution < 1.29 is 14.3 Å². The van der Waals surface area contributed by atoms with Crippen molar-refractivity contribution in [3.05, 3.63) is 35.9 Å². The normalized spacial score (nSPS) is 15.5. The molecule has 0 radical (unpaired) electrons. The molecule has 0 saturated carbocycles. The molecule has 4 nitrogen and oxygen atoms in total. The van der Waals surface area contributed by atoms with E-state index in [1.807, 2.05) is 25.2 Å². The maximum Gasteiger partial charge on any atom is 0.222 e. The Labute approximate surface area is 132 Å². The first kappa shape index (κ1) is 16.7. The number of amides is 1. The second-order valence-electron chi connectivity index (χ2n) is 5.95. The highest BCUT2D eigenvalue weighted by molar-refractivity contribution is 5.97. The first-order valence-corrected chi connectivity index (χ1v) is 8.07. The molecule has 0 unspecified atom stereocenters. The number of benzene rings is 1. The van der Waals surface area contributed by atoms with Crippen LogP contribution in [0, 0.1) is 5.92 Å². The average Bonchev–Trinajstić information content (AvgIpc) is 2.58. The molecule has 0 spiro atoms. The van der Waals surface area contributed by atoms with Gasteiger partial charge in [-0.15, -0.1) is 0 Å². The molecule has 0 atom stereocenters. The minimum absolute atomic E-state index is 0.0341. The van der Waals surface area contributed by atoms with Crippen LogP contribution in [0.25, 0.3) is 0 Å². The summed E-state index contributed by atoms with van der Waals surface area (Å²) in [5.41, 5.74) is 0.681. The molecule has 2 rings (SSSR count). The maximum atomic E-state index is 12.1. The van der Waals surface area contributed by atoms with Crippen molar-refractivity contribution in [1.82, 2.24) is 4.90 Å². The van der Waals surface area contributed by atoms with Gasteiger partial charge in [-0.3, -0.25) is 9.59 Å². The van der Waals surface area contributed by atoms with Gasteiger partial charge in [-0.25, -0.2) is 0 Å². The van der Waals surface area contributed by atoms with Gasteiger partial charge in [0.1, 0.15) is 0 Å². The smallest absolute Gasteiger partial charge is 0.222 e. The van der Waals surface area contributed by atoms with Gasteiger partial charge >= 0.3 is 0 Å². The lowest BCUT2D eigenvalue weighted by Gasteiger charge is -2.24. The van der Waals surface area contributed by atoms with E-state index in [1.54, 1.807) is 17.0 Å². The molecule has 1 saturated heterocycles. The number of nitrogens with zero attached hydrogens (tertiary/aromatic N) is 1. The lowest BCUT2D eigenvalue weighted by molar-refractivity contribution is -0.130. The van der Waals surface area contributed by atoms with Crippen molar-refractivity contribution >= 4 is 11.7 Å². The van der Waals surface area contributed by atoms with Crippen LogP contribution in [-0.2, 0) is 9.53 Å². The summed E-state index contributed by atoms with van der Waals surface area (Å²) in [6.07, 6.45) is 3.78.